The van der Waals surface area contributed by atoms with Crippen LogP contribution in [0.25, 0.3) is 0 Å². The van der Waals surface area contributed by atoms with Crippen molar-refractivity contribution in [2.24, 2.45) is 11.8 Å². The minimum absolute atomic E-state index is 0.0109. The van der Waals surface area contributed by atoms with Crippen LogP contribution in [-0.2, 0) is 4.79 Å². The molecule has 0 unspecified atom stereocenters. The van der Waals surface area contributed by atoms with Crippen LogP contribution in [0.15, 0.2) is 0 Å². The number of urea groups is 1. The van der Waals surface area contributed by atoms with Crippen molar-refractivity contribution in [1.29, 1.82) is 0 Å². The normalized spacial score (nSPS) is 27.9. The van der Waals surface area contributed by atoms with E-state index < -0.39 is 11.9 Å². The molecule has 2 heterocycles. The summed E-state index contributed by atoms with van der Waals surface area (Å²) in [6.45, 7) is 9.42. The molecule has 0 aliphatic carbocycles. The van der Waals surface area contributed by atoms with Gasteiger partial charge in [-0.1, -0.05) is 13.8 Å². The van der Waals surface area contributed by atoms with Gasteiger partial charge in [0, 0.05) is 39.3 Å². The number of rotatable bonds is 3. The van der Waals surface area contributed by atoms with Gasteiger partial charge in [-0.3, -0.25) is 9.69 Å². The van der Waals surface area contributed by atoms with E-state index in [0.717, 1.165) is 39.1 Å². The summed E-state index contributed by atoms with van der Waals surface area (Å²) in [5.74, 6) is -1.17. The number of nitrogens with zero attached hydrogens (tertiary/aromatic N) is 3. The van der Waals surface area contributed by atoms with Crippen molar-refractivity contribution in [3.05, 3.63) is 0 Å². The van der Waals surface area contributed by atoms with Crippen molar-refractivity contribution >= 4 is 12.0 Å². The third-order valence-electron chi connectivity index (χ3n) is 4.38. The number of hydrogen-bond acceptors (Lipinski definition) is 3. The topological polar surface area (TPSA) is 64.1 Å². The number of likely N-dealkylation sites (tertiary alicyclic amines) is 1. The van der Waals surface area contributed by atoms with Crippen molar-refractivity contribution in [3.8, 4) is 0 Å². The monoisotopic (exact) mass is 283 g/mol. The van der Waals surface area contributed by atoms with E-state index in [1.165, 1.54) is 0 Å². The van der Waals surface area contributed by atoms with E-state index in [2.05, 4.69) is 11.8 Å². The highest BCUT2D eigenvalue weighted by molar-refractivity contribution is 5.77. The minimum atomic E-state index is -0.791. The summed E-state index contributed by atoms with van der Waals surface area (Å²) in [4.78, 5) is 29.5. The number of aliphatic carboxylic acids is 1. The first-order valence-electron chi connectivity index (χ1n) is 7.52. The van der Waals surface area contributed by atoms with Crippen LogP contribution in [0.4, 0.5) is 4.79 Å². The zero-order valence-corrected chi connectivity index (χ0v) is 12.4. The first-order chi connectivity index (χ1) is 9.52. The molecule has 0 aromatic rings. The second kappa shape index (κ2) is 6.43. The summed E-state index contributed by atoms with van der Waals surface area (Å²) < 4.78 is 0. The van der Waals surface area contributed by atoms with Gasteiger partial charge in [-0.2, -0.15) is 0 Å². The zero-order valence-electron chi connectivity index (χ0n) is 12.4. The molecular formula is C14H25N3O3. The number of carboxylic acid groups (broad SMARTS) is 1. The van der Waals surface area contributed by atoms with Crippen molar-refractivity contribution in [3.63, 3.8) is 0 Å². The van der Waals surface area contributed by atoms with Gasteiger partial charge in [0.15, 0.2) is 0 Å². The van der Waals surface area contributed by atoms with E-state index in [1.54, 1.807) is 4.90 Å². The van der Waals surface area contributed by atoms with Crippen LogP contribution in [0.3, 0.4) is 0 Å². The number of carbonyl (C=O) groups excluding carboxylic acids is 1. The Labute approximate surface area is 120 Å². The summed E-state index contributed by atoms with van der Waals surface area (Å²) >= 11 is 0. The molecule has 2 rings (SSSR count). The number of hydrogen-bond donors (Lipinski definition) is 1. The minimum Gasteiger partial charge on any atom is -0.481 e. The lowest BCUT2D eigenvalue weighted by atomic mass is 9.99. The van der Waals surface area contributed by atoms with Gasteiger partial charge in [0.1, 0.15) is 0 Å². The third kappa shape index (κ3) is 3.23. The molecule has 0 aromatic heterocycles. The van der Waals surface area contributed by atoms with Crippen molar-refractivity contribution < 1.29 is 14.7 Å². The van der Waals surface area contributed by atoms with Gasteiger partial charge in [0.2, 0.25) is 0 Å². The maximum Gasteiger partial charge on any atom is 0.320 e. The van der Waals surface area contributed by atoms with Crippen LogP contribution in [0.2, 0.25) is 0 Å². The summed E-state index contributed by atoms with van der Waals surface area (Å²) in [6, 6.07) is 0.0109. The number of carbonyl (C=O) groups is 2. The largest absolute Gasteiger partial charge is 0.481 e. The Balaban J connectivity index is 1.85. The van der Waals surface area contributed by atoms with E-state index in [1.807, 2.05) is 11.8 Å². The molecule has 2 aliphatic heterocycles. The lowest BCUT2D eigenvalue weighted by molar-refractivity contribution is -0.142. The Kier molecular flexibility index (Phi) is 4.86. The third-order valence-corrected chi connectivity index (χ3v) is 4.38. The molecule has 2 fully saturated rings. The van der Waals surface area contributed by atoms with Crippen LogP contribution in [0.1, 0.15) is 20.3 Å². The Morgan fingerprint density at radius 3 is 2.25 bits per heavy atom. The molecule has 0 bridgehead atoms. The van der Waals surface area contributed by atoms with Crippen LogP contribution in [0.5, 0.6) is 0 Å². The van der Waals surface area contributed by atoms with Gasteiger partial charge in [-0.25, -0.2) is 4.79 Å². The lowest BCUT2D eigenvalue weighted by Crippen LogP contribution is -2.52. The number of piperazine rings is 1. The highest BCUT2D eigenvalue weighted by Gasteiger charge is 2.38. The van der Waals surface area contributed by atoms with Crippen LogP contribution < -0.4 is 0 Å². The predicted octanol–water partition coefficient (Wildman–Crippen LogP) is 0.786. The molecule has 2 atom stereocenters. The molecule has 2 saturated heterocycles. The van der Waals surface area contributed by atoms with Crippen molar-refractivity contribution in [2.45, 2.75) is 20.3 Å². The lowest BCUT2D eigenvalue weighted by Gasteiger charge is -2.36. The molecule has 114 valence electrons. The summed E-state index contributed by atoms with van der Waals surface area (Å²) in [5.41, 5.74) is 0. The smallest absolute Gasteiger partial charge is 0.320 e. The molecule has 6 nitrogen and oxygen atoms in total. The van der Waals surface area contributed by atoms with Crippen molar-refractivity contribution in [1.82, 2.24) is 14.7 Å². The molecule has 2 amide bonds. The maximum absolute atomic E-state index is 12.4. The molecule has 0 radical (unpaired) electrons. The first-order valence-corrected chi connectivity index (χ1v) is 7.52. The molecule has 1 N–H and O–H groups in total. The molecule has 6 heteroatoms. The molecule has 0 spiro atoms. The quantitative estimate of drug-likeness (QED) is 0.831. The fraction of sp³-hybridized carbons (Fsp3) is 0.857. The highest BCUT2D eigenvalue weighted by Crippen LogP contribution is 2.24. The van der Waals surface area contributed by atoms with Gasteiger partial charge in [0.25, 0.3) is 0 Å². The summed E-state index contributed by atoms with van der Waals surface area (Å²) in [7, 11) is 0. The molecular weight excluding hydrogens is 258 g/mol. The number of carboxylic acids is 1. The Bertz CT molecular complexity index is 367. The Hall–Kier alpha value is -1.30. The molecule has 0 aromatic carbocycles. The van der Waals surface area contributed by atoms with Gasteiger partial charge in [-0.15, -0.1) is 0 Å². The van der Waals surface area contributed by atoms with E-state index in [4.69, 9.17) is 5.11 Å². The zero-order chi connectivity index (χ0) is 14.7. The average Bonchev–Trinajstić information content (AvgIpc) is 2.81. The second-order valence-corrected chi connectivity index (χ2v) is 5.94. The molecule has 2 aliphatic rings. The van der Waals surface area contributed by atoms with E-state index in [9.17, 15) is 9.59 Å². The van der Waals surface area contributed by atoms with E-state index in [0.29, 0.717) is 13.1 Å². The molecule has 20 heavy (non-hydrogen) atoms. The SMILES string of the molecule is CCCN1CCN(C(=O)N2C[C@@H](C)[C@H](C(=O)O)C2)CC1. The first kappa shape index (κ1) is 15.1. The van der Waals surface area contributed by atoms with Gasteiger partial charge in [-0.05, 0) is 18.9 Å². The maximum atomic E-state index is 12.4. The number of amides is 2. The molecule has 0 saturated carbocycles. The average molecular weight is 283 g/mol. The van der Waals surface area contributed by atoms with Gasteiger partial charge < -0.3 is 14.9 Å². The standard InChI is InChI=1S/C14H25N3O3/c1-3-4-15-5-7-16(8-6-15)14(20)17-9-11(2)12(10-17)13(18)19/h11-12H,3-10H2,1-2H3,(H,18,19)/t11-,12-/m1/s1. The second-order valence-electron chi connectivity index (χ2n) is 5.94. The van der Waals surface area contributed by atoms with Crippen LogP contribution in [-0.4, -0.2) is 77.6 Å². The predicted molar refractivity (Wildman–Crippen MR) is 75.6 cm³/mol. The van der Waals surface area contributed by atoms with E-state index >= 15 is 0 Å². The summed E-state index contributed by atoms with van der Waals surface area (Å²) in [5, 5.41) is 9.13. The fourth-order valence-corrected chi connectivity index (χ4v) is 3.12. The Morgan fingerprint density at radius 1 is 1.10 bits per heavy atom. The Morgan fingerprint density at radius 2 is 1.75 bits per heavy atom. The van der Waals surface area contributed by atoms with Crippen molar-refractivity contribution in [2.75, 3.05) is 45.8 Å². The fourth-order valence-electron chi connectivity index (χ4n) is 3.12. The van der Waals surface area contributed by atoms with Gasteiger partial charge >= 0.3 is 12.0 Å². The van der Waals surface area contributed by atoms with E-state index in [-0.39, 0.29) is 11.9 Å². The van der Waals surface area contributed by atoms with Gasteiger partial charge in [0.05, 0.1) is 5.92 Å². The van der Waals surface area contributed by atoms with Crippen LogP contribution in [0, 0.1) is 11.8 Å². The summed E-state index contributed by atoms with van der Waals surface area (Å²) in [6.07, 6.45) is 1.14. The highest BCUT2D eigenvalue weighted by atomic mass is 16.4. The van der Waals surface area contributed by atoms with Crippen LogP contribution >= 0.6 is 0 Å².